The molecule has 2 amide bonds. The molecule has 13 nitrogen and oxygen atoms in total. The number of hydrogen-bond acceptors (Lipinski definition) is 12. The summed E-state index contributed by atoms with van der Waals surface area (Å²) in [6, 6.07) is 9.14. The number of β-amino-alcohol motifs (C(OH)–C–C–N with tert-alkyl or cyclic N) is 1. The Hall–Kier alpha value is -5.49. The molecule has 6 aliphatic rings. The molecule has 6 fully saturated rings. The number of nitrogens with zero attached hydrogens (tertiary/aromatic N) is 7. The third-order valence-electron chi connectivity index (χ3n) is 16.9. The molecule has 11 rings (SSSR count). The lowest BCUT2D eigenvalue weighted by Gasteiger charge is -2.57. The van der Waals surface area contributed by atoms with Gasteiger partial charge in [-0.2, -0.15) is 9.97 Å². The van der Waals surface area contributed by atoms with Crippen molar-refractivity contribution in [3.8, 4) is 23.0 Å². The van der Waals surface area contributed by atoms with Gasteiger partial charge < -0.3 is 29.6 Å². The van der Waals surface area contributed by atoms with E-state index in [2.05, 4.69) is 25.0 Å². The molecule has 1 unspecified atom stereocenters. The minimum atomic E-state index is -0.998. The highest BCUT2D eigenvalue weighted by atomic mass is 19.1. The van der Waals surface area contributed by atoms with Gasteiger partial charge in [-0.15, -0.1) is 0 Å². The van der Waals surface area contributed by atoms with Gasteiger partial charge in [0.1, 0.15) is 40.2 Å². The number of phenols is 1. The van der Waals surface area contributed by atoms with E-state index in [0.717, 1.165) is 84.3 Å². The number of aromatic nitrogens is 3. The van der Waals surface area contributed by atoms with E-state index in [4.69, 9.17) is 14.7 Å². The third-order valence-corrected chi connectivity index (χ3v) is 16.9. The lowest BCUT2D eigenvalue weighted by Crippen LogP contribution is -2.64. The summed E-state index contributed by atoms with van der Waals surface area (Å²) in [7, 11) is 0. The molecule has 5 aromatic rings. The van der Waals surface area contributed by atoms with Crippen molar-refractivity contribution in [1.29, 1.82) is 0 Å². The van der Waals surface area contributed by atoms with Crippen LogP contribution in [-0.4, -0.2) is 135 Å². The average molecular weight is 993 g/mol. The van der Waals surface area contributed by atoms with Crippen LogP contribution in [0.4, 0.5) is 23.4 Å². The Balaban J connectivity index is 0.700. The number of piperidine rings is 4. The number of carbonyl (C=O) groups is 2. The number of benzene rings is 3. The van der Waals surface area contributed by atoms with Crippen molar-refractivity contribution < 1.29 is 42.1 Å². The third kappa shape index (κ3) is 9.61. The van der Waals surface area contributed by atoms with E-state index in [1.165, 1.54) is 36.5 Å². The van der Waals surface area contributed by atoms with E-state index in [1.54, 1.807) is 13.0 Å². The number of halogens is 4. The standard InChI is InChI=1S/C55H64F4N8O5/c1-3-37-41(56)7-5-34-25-36(68)26-39(45(34)37)48-47(59)49-40(27-60-48)50(66-17-4-12-53(2,71)28-66)63-52(62-49)72-32-55(13-14-55)29-65-21-15-54(16-22-65)30-67(31-54)35-10-19-64(20-11-35)18-9-33-23-42(57)46(43(58)24-33)38-6-8-44(69)61-51(38)70/h5,7,23-27,35,38,68,71H,3-4,6,8-22,28-32H2,1-2H3,(H,61,69,70)/t38?,53-/m1/s1. The number of rotatable bonds is 13. The van der Waals surface area contributed by atoms with Crippen molar-refractivity contribution in [3.05, 3.63) is 82.6 Å². The van der Waals surface area contributed by atoms with Crippen molar-refractivity contribution in [2.24, 2.45) is 10.8 Å². The molecule has 0 bridgehead atoms. The Morgan fingerprint density at radius 3 is 2.31 bits per heavy atom. The Labute approximate surface area is 416 Å². The van der Waals surface area contributed by atoms with Crippen molar-refractivity contribution in [2.75, 3.05) is 77.0 Å². The molecular weight excluding hydrogens is 929 g/mol. The minimum absolute atomic E-state index is 0.00535. The van der Waals surface area contributed by atoms with Crippen molar-refractivity contribution >= 4 is 39.3 Å². The zero-order valence-corrected chi connectivity index (χ0v) is 41.2. The summed E-state index contributed by atoms with van der Waals surface area (Å²) >= 11 is 0. The number of aryl methyl sites for hydroxylation is 1. The van der Waals surface area contributed by atoms with Gasteiger partial charge in [0, 0.05) is 74.5 Å². The number of anilines is 1. The summed E-state index contributed by atoms with van der Waals surface area (Å²) < 4.78 is 69.0. The SMILES string of the molecule is CCc1c(F)ccc2cc(O)cc(-c3ncc4c(N5CCC[C@@](C)(O)C5)nc(OCC5(CN6CCC7(CC6)CN(C6CCN(CCc8cc(F)c(C9CCC(=O)NC9=O)c(F)c8)CC6)C7)CC5)nc4c3F)c12. The molecule has 0 radical (unpaired) electrons. The highest BCUT2D eigenvalue weighted by molar-refractivity contribution is 6.02. The summed E-state index contributed by atoms with van der Waals surface area (Å²) in [4.78, 5) is 47.5. The minimum Gasteiger partial charge on any atom is -0.508 e. The number of pyridine rings is 1. The van der Waals surface area contributed by atoms with E-state index in [9.17, 15) is 19.8 Å². The molecule has 5 aliphatic heterocycles. The van der Waals surface area contributed by atoms with Crippen molar-refractivity contribution in [3.63, 3.8) is 0 Å². The van der Waals surface area contributed by atoms with E-state index < -0.39 is 46.6 Å². The first kappa shape index (κ1) is 48.8. The maximum absolute atomic E-state index is 17.1. The number of hydrogen-bond donors (Lipinski definition) is 3. The van der Waals surface area contributed by atoms with Gasteiger partial charge in [-0.1, -0.05) is 13.0 Å². The number of phenolic OH excluding ortho intramolecular Hbond substituents is 1. The lowest BCUT2D eigenvalue weighted by molar-refractivity contribution is -0.134. The highest BCUT2D eigenvalue weighted by Gasteiger charge is 2.50. The number of carbonyl (C=O) groups excluding carboxylic acids is 2. The van der Waals surface area contributed by atoms with Crippen LogP contribution in [0.15, 0.2) is 42.6 Å². The van der Waals surface area contributed by atoms with Crippen LogP contribution in [0.5, 0.6) is 11.8 Å². The zero-order chi connectivity index (χ0) is 50.1. The Morgan fingerprint density at radius 2 is 1.61 bits per heavy atom. The molecule has 72 heavy (non-hydrogen) atoms. The van der Waals surface area contributed by atoms with Crippen LogP contribution < -0.4 is 15.0 Å². The quantitative estimate of drug-likeness (QED) is 0.0782. The van der Waals surface area contributed by atoms with Crippen LogP contribution in [0.3, 0.4) is 0 Å². The van der Waals surface area contributed by atoms with Gasteiger partial charge in [-0.3, -0.25) is 24.8 Å². The molecule has 17 heteroatoms. The summed E-state index contributed by atoms with van der Waals surface area (Å²) in [5, 5.41) is 25.4. The zero-order valence-electron chi connectivity index (χ0n) is 41.2. The maximum atomic E-state index is 17.1. The summed E-state index contributed by atoms with van der Waals surface area (Å²) in [5.41, 5.74) is 0.213. The Morgan fingerprint density at radius 1 is 0.861 bits per heavy atom. The molecule has 1 aliphatic carbocycles. The predicted octanol–water partition coefficient (Wildman–Crippen LogP) is 7.80. The first-order chi connectivity index (χ1) is 34.6. The number of aliphatic hydroxyl groups is 1. The molecule has 3 N–H and O–H groups in total. The van der Waals surface area contributed by atoms with Gasteiger partial charge in [-0.25, -0.2) is 17.6 Å². The largest absolute Gasteiger partial charge is 0.508 e. The number of nitrogens with one attached hydrogen (secondary N) is 1. The number of fused-ring (bicyclic) bond motifs is 2. The van der Waals surface area contributed by atoms with Crippen LogP contribution in [0.2, 0.25) is 0 Å². The van der Waals surface area contributed by atoms with E-state index >= 15 is 17.6 Å². The first-order valence-corrected chi connectivity index (χ1v) is 26.0. The number of aromatic hydroxyl groups is 1. The van der Waals surface area contributed by atoms with Crippen molar-refractivity contribution in [1.82, 2.24) is 35.0 Å². The summed E-state index contributed by atoms with van der Waals surface area (Å²) in [6.45, 7) is 12.6. The van der Waals surface area contributed by atoms with Gasteiger partial charge in [0.05, 0.1) is 23.5 Å². The molecular formula is C55H64F4N8O5. The van der Waals surface area contributed by atoms with Crippen LogP contribution in [-0.2, 0) is 22.4 Å². The fraction of sp³-hybridized carbons (Fsp3) is 0.545. The Bertz CT molecular complexity index is 2900. The van der Waals surface area contributed by atoms with Crippen LogP contribution >= 0.6 is 0 Å². The number of likely N-dealkylation sites (tertiary alicyclic amines) is 3. The number of imide groups is 1. The first-order valence-electron chi connectivity index (χ1n) is 26.0. The fourth-order valence-corrected chi connectivity index (χ4v) is 12.6. The molecule has 2 atom stereocenters. The average Bonchev–Trinajstić information content (AvgIpc) is 4.11. The van der Waals surface area contributed by atoms with Crippen LogP contribution in [0.25, 0.3) is 32.9 Å². The smallest absolute Gasteiger partial charge is 0.319 e. The van der Waals surface area contributed by atoms with Gasteiger partial charge in [0.2, 0.25) is 11.8 Å². The molecule has 2 aromatic heterocycles. The fourth-order valence-electron chi connectivity index (χ4n) is 12.6. The molecule has 1 spiro atoms. The highest BCUT2D eigenvalue weighted by Crippen LogP contribution is 2.49. The normalized spacial score (nSPS) is 24.0. The maximum Gasteiger partial charge on any atom is 0.319 e. The number of ether oxygens (including phenoxy) is 1. The monoisotopic (exact) mass is 992 g/mol. The predicted molar refractivity (Wildman–Crippen MR) is 265 cm³/mol. The molecule has 1 saturated carbocycles. The van der Waals surface area contributed by atoms with E-state index in [0.29, 0.717) is 96.5 Å². The topological polar surface area (TPSA) is 147 Å². The van der Waals surface area contributed by atoms with Gasteiger partial charge in [-0.05, 0) is 161 Å². The second-order valence-corrected chi connectivity index (χ2v) is 22.3. The molecule has 382 valence electrons. The van der Waals surface area contributed by atoms with Crippen LogP contribution in [0.1, 0.15) is 101 Å². The van der Waals surface area contributed by atoms with Crippen LogP contribution in [0, 0.1) is 34.1 Å². The Kier molecular flexibility index (Phi) is 12.9. The van der Waals surface area contributed by atoms with Crippen molar-refractivity contribution in [2.45, 2.75) is 108 Å². The van der Waals surface area contributed by atoms with E-state index in [-0.39, 0.29) is 52.4 Å². The number of amides is 2. The molecule has 3 aromatic carbocycles. The van der Waals surface area contributed by atoms with Gasteiger partial charge >= 0.3 is 6.01 Å². The second kappa shape index (κ2) is 19.1. The van der Waals surface area contributed by atoms with E-state index in [1.807, 2.05) is 11.8 Å². The summed E-state index contributed by atoms with van der Waals surface area (Å²) in [5.74, 6) is -4.34. The second-order valence-electron chi connectivity index (χ2n) is 22.3. The lowest BCUT2D eigenvalue weighted by atomic mass is 9.70. The summed E-state index contributed by atoms with van der Waals surface area (Å²) in [6.07, 6.45) is 10.3. The molecule has 7 heterocycles. The van der Waals surface area contributed by atoms with Gasteiger partial charge in [0.15, 0.2) is 5.82 Å². The van der Waals surface area contributed by atoms with Gasteiger partial charge in [0.25, 0.3) is 0 Å². The molecule has 5 saturated heterocycles.